The number of nitrogens with zero attached hydrogens (tertiary/aromatic N) is 1. The van der Waals surface area contributed by atoms with Crippen molar-refractivity contribution in [2.45, 2.75) is 6.92 Å². The molecule has 0 spiro atoms. The summed E-state index contributed by atoms with van der Waals surface area (Å²) < 4.78 is 5.81. The number of amides is 2. The van der Waals surface area contributed by atoms with E-state index in [1.165, 1.54) is 16.7 Å². The van der Waals surface area contributed by atoms with Crippen molar-refractivity contribution in [2.75, 3.05) is 30.8 Å². The lowest BCUT2D eigenvalue weighted by Crippen LogP contribution is -2.32. The maximum absolute atomic E-state index is 11.8. The van der Waals surface area contributed by atoms with Crippen molar-refractivity contribution in [1.82, 2.24) is 4.90 Å². The highest BCUT2D eigenvalue weighted by Crippen LogP contribution is 2.20. The Morgan fingerprint density at radius 2 is 2.23 bits per heavy atom. The van der Waals surface area contributed by atoms with Crippen LogP contribution < -0.4 is 5.32 Å². The summed E-state index contributed by atoms with van der Waals surface area (Å²) in [5.74, 6) is -0.324. The van der Waals surface area contributed by atoms with Crippen LogP contribution in [0, 0.1) is 6.92 Å². The van der Waals surface area contributed by atoms with Crippen LogP contribution in [0.15, 0.2) is 22.7 Å². The van der Waals surface area contributed by atoms with Crippen molar-refractivity contribution in [3.63, 3.8) is 0 Å². The van der Waals surface area contributed by atoms with Gasteiger partial charge in [0.25, 0.3) is 11.1 Å². The second-order valence-electron chi connectivity index (χ2n) is 4.70. The molecular formula is C14H15BrN2O4S. The number of nitrogens with one attached hydrogen (secondary N) is 1. The maximum atomic E-state index is 11.8. The predicted molar refractivity (Wildman–Crippen MR) is 87.9 cm³/mol. The lowest BCUT2D eigenvalue weighted by atomic mass is 10.2. The third-order valence-corrected chi connectivity index (χ3v) is 4.38. The molecule has 1 aliphatic rings. The molecule has 1 aromatic carbocycles. The van der Waals surface area contributed by atoms with E-state index in [-0.39, 0.29) is 18.4 Å². The Bertz CT molecular complexity index is 609. The van der Waals surface area contributed by atoms with Crippen molar-refractivity contribution in [1.29, 1.82) is 0 Å². The lowest BCUT2D eigenvalue weighted by Gasteiger charge is -2.13. The fourth-order valence-corrected chi connectivity index (χ4v) is 3.17. The minimum absolute atomic E-state index is 0.115. The van der Waals surface area contributed by atoms with Crippen molar-refractivity contribution < 1.29 is 19.1 Å². The standard InChI is InChI=1S/C14H15BrN2O4S/c1-9-6-10(15)2-3-11(9)16-12(18)8-21-13(19)7-17-4-5-22-14(17)20/h2-3,6H,4-5,7-8H2,1H3,(H,16,18). The first kappa shape index (κ1) is 16.8. The van der Waals surface area contributed by atoms with Gasteiger partial charge in [0, 0.05) is 22.5 Å². The minimum atomic E-state index is -0.585. The average Bonchev–Trinajstić information content (AvgIpc) is 2.85. The highest BCUT2D eigenvalue weighted by Gasteiger charge is 2.24. The predicted octanol–water partition coefficient (Wildman–Crippen LogP) is 2.41. The van der Waals surface area contributed by atoms with Gasteiger partial charge in [0.15, 0.2) is 6.61 Å². The van der Waals surface area contributed by atoms with E-state index in [4.69, 9.17) is 4.74 Å². The van der Waals surface area contributed by atoms with E-state index in [0.717, 1.165) is 10.0 Å². The summed E-state index contributed by atoms with van der Waals surface area (Å²) in [6.45, 7) is 1.91. The van der Waals surface area contributed by atoms with Crippen LogP contribution in [0.25, 0.3) is 0 Å². The van der Waals surface area contributed by atoms with Gasteiger partial charge in [-0.1, -0.05) is 27.7 Å². The van der Waals surface area contributed by atoms with Crippen LogP contribution in [-0.2, 0) is 14.3 Å². The monoisotopic (exact) mass is 386 g/mol. The fraction of sp³-hybridized carbons (Fsp3) is 0.357. The first-order chi connectivity index (χ1) is 10.5. The van der Waals surface area contributed by atoms with Crippen LogP contribution in [0.4, 0.5) is 10.5 Å². The number of hydrogen-bond acceptors (Lipinski definition) is 5. The number of halogens is 1. The molecule has 6 nitrogen and oxygen atoms in total. The van der Waals surface area contributed by atoms with Gasteiger partial charge in [-0.2, -0.15) is 0 Å². The Balaban J connectivity index is 1.77. The number of benzene rings is 1. The summed E-state index contributed by atoms with van der Waals surface area (Å²) in [4.78, 5) is 36.1. The van der Waals surface area contributed by atoms with Gasteiger partial charge in [-0.15, -0.1) is 0 Å². The summed E-state index contributed by atoms with van der Waals surface area (Å²) in [6, 6.07) is 5.45. The largest absolute Gasteiger partial charge is 0.454 e. The Hall–Kier alpha value is -1.54. The summed E-state index contributed by atoms with van der Waals surface area (Å²) in [5, 5.41) is 2.54. The summed E-state index contributed by atoms with van der Waals surface area (Å²) in [7, 11) is 0. The number of esters is 1. The third-order valence-electron chi connectivity index (χ3n) is 2.99. The zero-order chi connectivity index (χ0) is 16.1. The Labute approximate surface area is 140 Å². The van der Waals surface area contributed by atoms with Crippen molar-refractivity contribution in [2.24, 2.45) is 0 Å². The molecule has 1 aromatic rings. The van der Waals surface area contributed by atoms with E-state index in [9.17, 15) is 14.4 Å². The van der Waals surface area contributed by atoms with Crippen LogP contribution >= 0.6 is 27.7 Å². The molecule has 22 heavy (non-hydrogen) atoms. The molecule has 0 aromatic heterocycles. The van der Waals surface area contributed by atoms with E-state index >= 15 is 0 Å². The molecule has 1 saturated heterocycles. The Kier molecular flexibility index (Phi) is 5.84. The zero-order valence-corrected chi connectivity index (χ0v) is 14.3. The Morgan fingerprint density at radius 1 is 1.45 bits per heavy atom. The molecule has 0 aliphatic carbocycles. The zero-order valence-electron chi connectivity index (χ0n) is 11.9. The van der Waals surface area contributed by atoms with Crippen LogP contribution in [0.3, 0.4) is 0 Å². The molecule has 1 fully saturated rings. The topological polar surface area (TPSA) is 75.7 Å². The molecule has 0 saturated carbocycles. The van der Waals surface area contributed by atoms with Gasteiger partial charge in [-0.3, -0.25) is 14.4 Å². The van der Waals surface area contributed by atoms with E-state index < -0.39 is 11.9 Å². The van der Waals surface area contributed by atoms with Crippen molar-refractivity contribution >= 4 is 50.5 Å². The Morgan fingerprint density at radius 3 is 2.86 bits per heavy atom. The smallest absolute Gasteiger partial charge is 0.326 e. The van der Waals surface area contributed by atoms with Gasteiger partial charge in [-0.05, 0) is 30.7 Å². The summed E-state index contributed by atoms with van der Waals surface area (Å²) >= 11 is 4.52. The molecule has 0 bridgehead atoms. The van der Waals surface area contributed by atoms with E-state index in [2.05, 4.69) is 21.2 Å². The third kappa shape index (κ3) is 4.74. The number of hydrogen-bond donors (Lipinski definition) is 1. The van der Waals surface area contributed by atoms with E-state index in [0.29, 0.717) is 18.0 Å². The summed E-state index contributed by atoms with van der Waals surface area (Å²) in [5.41, 5.74) is 1.56. The number of anilines is 1. The van der Waals surface area contributed by atoms with Gasteiger partial charge in [0.05, 0.1) is 0 Å². The molecule has 1 N–H and O–H groups in total. The van der Waals surface area contributed by atoms with Gasteiger partial charge in [0.2, 0.25) is 0 Å². The highest BCUT2D eigenvalue weighted by atomic mass is 79.9. The number of rotatable bonds is 5. The van der Waals surface area contributed by atoms with Gasteiger partial charge < -0.3 is 15.0 Å². The normalized spacial score (nSPS) is 14.1. The first-order valence-corrected chi connectivity index (χ1v) is 8.37. The van der Waals surface area contributed by atoms with Gasteiger partial charge in [0.1, 0.15) is 6.54 Å². The number of carbonyl (C=O) groups is 3. The number of aryl methyl sites for hydroxylation is 1. The average molecular weight is 387 g/mol. The molecule has 118 valence electrons. The van der Waals surface area contributed by atoms with E-state index in [1.54, 1.807) is 6.07 Å². The molecule has 0 unspecified atom stereocenters. The quantitative estimate of drug-likeness (QED) is 0.786. The molecule has 8 heteroatoms. The first-order valence-electron chi connectivity index (χ1n) is 6.59. The maximum Gasteiger partial charge on any atom is 0.326 e. The lowest BCUT2D eigenvalue weighted by molar-refractivity contribution is -0.147. The van der Waals surface area contributed by atoms with E-state index in [1.807, 2.05) is 19.1 Å². The molecule has 2 rings (SSSR count). The molecule has 0 radical (unpaired) electrons. The number of thioether (sulfide) groups is 1. The summed E-state index contributed by atoms with van der Waals surface area (Å²) in [6.07, 6.45) is 0. The SMILES string of the molecule is Cc1cc(Br)ccc1NC(=O)COC(=O)CN1CCSC1=O. The van der Waals surface area contributed by atoms with Crippen LogP contribution in [0.5, 0.6) is 0 Å². The second-order valence-corrected chi connectivity index (χ2v) is 6.67. The van der Waals surface area contributed by atoms with Crippen molar-refractivity contribution in [3.05, 3.63) is 28.2 Å². The van der Waals surface area contributed by atoms with Crippen molar-refractivity contribution in [3.8, 4) is 0 Å². The van der Waals surface area contributed by atoms with Crippen LogP contribution in [0.2, 0.25) is 0 Å². The molecule has 1 heterocycles. The van der Waals surface area contributed by atoms with Gasteiger partial charge in [-0.25, -0.2) is 0 Å². The molecule has 2 amide bonds. The second kappa shape index (κ2) is 7.64. The number of ether oxygens (including phenoxy) is 1. The van der Waals surface area contributed by atoms with Crippen LogP contribution in [-0.4, -0.2) is 47.5 Å². The highest BCUT2D eigenvalue weighted by molar-refractivity contribution is 9.10. The van der Waals surface area contributed by atoms with Gasteiger partial charge >= 0.3 is 5.97 Å². The molecular weight excluding hydrogens is 372 g/mol. The fourth-order valence-electron chi connectivity index (χ4n) is 1.87. The minimum Gasteiger partial charge on any atom is -0.454 e. The van der Waals surface area contributed by atoms with Crippen LogP contribution in [0.1, 0.15) is 5.56 Å². The number of carbonyl (C=O) groups excluding carboxylic acids is 3. The molecule has 1 aliphatic heterocycles. The molecule has 0 atom stereocenters.